The molecule has 0 aliphatic rings. The number of methoxy groups -OCH3 is 1. The Balaban J connectivity index is 2.88. The fourth-order valence-corrected chi connectivity index (χ4v) is 2.40. The highest BCUT2D eigenvalue weighted by molar-refractivity contribution is 7.21. The highest BCUT2D eigenvalue weighted by atomic mass is 32.1. The average molecular weight is 208 g/mol. The second-order valence-corrected chi connectivity index (χ2v) is 3.79. The first-order chi connectivity index (χ1) is 6.77. The average Bonchev–Trinajstić information content (AvgIpc) is 2.56. The van der Waals surface area contributed by atoms with Crippen molar-refractivity contribution in [2.45, 2.75) is 0 Å². The minimum atomic E-state index is 0.115. The number of aldehydes is 1. The van der Waals surface area contributed by atoms with Crippen molar-refractivity contribution in [1.29, 1.82) is 0 Å². The van der Waals surface area contributed by atoms with Gasteiger partial charge in [0.1, 0.15) is 5.75 Å². The van der Waals surface area contributed by atoms with Crippen LogP contribution in [0.5, 0.6) is 10.8 Å². The third kappa shape index (κ3) is 1.15. The molecule has 1 N–H and O–H groups in total. The topological polar surface area (TPSA) is 46.5 Å². The summed E-state index contributed by atoms with van der Waals surface area (Å²) >= 11 is 1.35. The molecule has 0 atom stereocenters. The summed E-state index contributed by atoms with van der Waals surface area (Å²) < 4.78 is 5.90. The van der Waals surface area contributed by atoms with E-state index in [2.05, 4.69) is 0 Å². The van der Waals surface area contributed by atoms with Gasteiger partial charge in [-0.1, -0.05) is 17.4 Å². The van der Waals surface area contributed by atoms with E-state index in [1.807, 2.05) is 6.07 Å². The zero-order valence-corrected chi connectivity index (χ0v) is 8.30. The Morgan fingerprint density at radius 1 is 1.50 bits per heavy atom. The van der Waals surface area contributed by atoms with E-state index >= 15 is 0 Å². The molecule has 0 fully saturated rings. The zero-order valence-electron chi connectivity index (χ0n) is 7.48. The van der Waals surface area contributed by atoms with E-state index < -0.39 is 0 Å². The molecule has 0 saturated heterocycles. The normalized spacial score (nSPS) is 10.4. The summed E-state index contributed by atoms with van der Waals surface area (Å²) in [5.41, 5.74) is 0.422. The number of phenolic OH excluding ortho intramolecular Hbond substituents is 1. The van der Waals surface area contributed by atoms with E-state index in [4.69, 9.17) is 4.74 Å². The lowest BCUT2D eigenvalue weighted by Crippen LogP contribution is -1.84. The van der Waals surface area contributed by atoms with Crippen LogP contribution < -0.4 is 4.74 Å². The number of carbonyl (C=O) groups excluding carboxylic acids is 1. The smallest absolute Gasteiger partial charge is 0.185 e. The number of aromatic hydroxyl groups is 1. The van der Waals surface area contributed by atoms with Crippen LogP contribution in [0.15, 0.2) is 18.2 Å². The summed E-state index contributed by atoms with van der Waals surface area (Å²) in [6, 6.07) is 5.14. The minimum Gasteiger partial charge on any atom is -0.507 e. The van der Waals surface area contributed by atoms with E-state index in [9.17, 15) is 9.90 Å². The Bertz CT molecular complexity index is 487. The summed E-state index contributed by atoms with van der Waals surface area (Å²) in [5, 5.41) is 10.7. The number of hydrogen-bond donors (Lipinski definition) is 1. The number of benzene rings is 1. The van der Waals surface area contributed by atoms with Gasteiger partial charge in [-0.3, -0.25) is 4.79 Å². The molecule has 1 aromatic carbocycles. The number of hydrogen-bond acceptors (Lipinski definition) is 4. The summed E-state index contributed by atoms with van der Waals surface area (Å²) in [4.78, 5) is 10.8. The van der Waals surface area contributed by atoms with Crippen LogP contribution in [0.25, 0.3) is 10.1 Å². The minimum absolute atomic E-state index is 0.115. The van der Waals surface area contributed by atoms with Crippen LogP contribution in [0.3, 0.4) is 0 Å². The molecule has 0 bridgehead atoms. The Morgan fingerprint density at radius 3 is 2.93 bits per heavy atom. The number of carbonyl (C=O) groups is 1. The molecule has 0 saturated carbocycles. The van der Waals surface area contributed by atoms with Crippen LogP contribution >= 0.6 is 11.3 Å². The van der Waals surface area contributed by atoms with Crippen molar-refractivity contribution in [3.63, 3.8) is 0 Å². The Kier molecular flexibility index (Phi) is 2.13. The fourth-order valence-electron chi connectivity index (χ4n) is 1.39. The summed E-state index contributed by atoms with van der Waals surface area (Å²) in [5.74, 6) is 0.115. The molecule has 72 valence electrons. The van der Waals surface area contributed by atoms with Gasteiger partial charge < -0.3 is 9.84 Å². The van der Waals surface area contributed by atoms with Crippen molar-refractivity contribution in [3.8, 4) is 10.8 Å². The summed E-state index contributed by atoms with van der Waals surface area (Å²) in [6.45, 7) is 0. The van der Waals surface area contributed by atoms with Crippen molar-refractivity contribution >= 4 is 27.7 Å². The zero-order chi connectivity index (χ0) is 10.1. The molecule has 0 radical (unpaired) electrons. The number of rotatable bonds is 2. The highest BCUT2D eigenvalue weighted by Gasteiger charge is 2.14. The second kappa shape index (κ2) is 3.31. The molecule has 0 aliphatic carbocycles. The lowest BCUT2D eigenvalue weighted by Gasteiger charge is -1.95. The van der Waals surface area contributed by atoms with Crippen molar-refractivity contribution in [2.75, 3.05) is 7.11 Å². The van der Waals surface area contributed by atoms with Gasteiger partial charge in [0.15, 0.2) is 11.3 Å². The Labute approximate surface area is 84.6 Å². The van der Waals surface area contributed by atoms with Gasteiger partial charge in [-0.25, -0.2) is 0 Å². The van der Waals surface area contributed by atoms with Crippen molar-refractivity contribution in [1.82, 2.24) is 0 Å². The van der Waals surface area contributed by atoms with Gasteiger partial charge in [-0.15, -0.1) is 0 Å². The fraction of sp³-hybridized carbons (Fsp3) is 0.100. The Hall–Kier alpha value is -1.55. The summed E-state index contributed by atoms with van der Waals surface area (Å²) in [7, 11) is 1.51. The quantitative estimate of drug-likeness (QED) is 0.771. The van der Waals surface area contributed by atoms with E-state index in [1.165, 1.54) is 18.4 Å². The predicted molar refractivity (Wildman–Crippen MR) is 55.4 cm³/mol. The molecule has 1 heterocycles. The van der Waals surface area contributed by atoms with E-state index in [1.54, 1.807) is 12.1 Å². The first-order valence-corrected chi connectivity index (χ1v) is 4.83. The number of phenols is 1. The molecule has 1 aromatic heterocycles. The van der Waals surface area contributed by atoms with Crippen LogP contribution in [-0.2, 0) is 0 Å². The first-order valence-electron chi connectivity index (χ1n) is 4.01. The lowest BCUT2D eigenvalue weighted by atomic mass is 10.2. The molecule has 2 aromatic rings. The predicted octanol–water partition coefficient (Wildman–Crippen LogP) is 2.43. The highest BCUT2D eigenvalue weighted by Crippen LogP contribution is 2.40. The standard InChI is InChI=1S/C10H8O3S/c1-13-10-6(5-11)9-7(12)3-2-4-8(9)14-10/h2-5,12H,1H3. The lowest BCUT2D eigenvalue weighted by molar-refractivity contribution is 0.112. The van der Waals surface area contributed by atoms with Gasteiger partial charge in [0.05, 0.1) is 12.7 Å². The number of thiophene rings is 1. The third-order valence-electron chi connectivity index (χ3n) is 2.00. The Morgan fingerprint density at radius 2 is 2.29 bits per heavy atom. The molecule has 0 unspecified atom stereocenters. The van der Waals surface area contributed by atoms with Gasteiger partial charge in [-0.2, -0.15) is 0 Å². The van der Waals surface area contributed by atoms with Gasteiger partial charge >= 0.3 is 0 Å². The maximum absolute atomic E-state index is 10.8. The molecular formula is C10H8O3S. The molecule has 0 spiro atoms. The van der Waals surface area contributed by atoms with Crippen molar-refractivity contribution in [2.24, 2.45) is 0 Å². The second-order valence-electron chi connectivity index (χ2n) is 2.78. The van der Waals surface area contributed by atoms with Crippen molar-refractivity contribution < 1.29 is 14.6 Å². The monoisotopic (exact) mass is 208 g/mol. The molecule has 14 heavy (non-hydrogen) atoms. The summed E-state index contributed by atoms with van der Waals surface area (Å²) in [6.07, 6.45) is 0.706. The molecule has 3 nitrogen and oxygen atoms in total. The van der Waals surface area contributed by atoms with Crippen LogP contribution in [0.4, 0.5) is 0 Å². The third-order valence-corrected chi connectivity index (χ3v) is 3.13. The maximum Gasteiger partial charge on any atom is 0.185 e. The van der Waals surface area contributed by atoms with Crippen LogP contribution in [0.2, 0.25) is 0 Å². The van der Waals surface area contributed by atoms with Gasteiger partial charge in [-0.05, 0) is 12.1 Å². The molecule has 0 aliphatic heterocycles. The number of ether oxygens (including phenoxy) is 1. The van der Waals surface area contributed by atoms with E-state index in [0.29, 0.717) is 22.3 Å². The molecule has 0 amide bonds. The first kappa shape index (κ1) is 9.02. The van der Waals surface area contributed by atoms with Crippen LogP contribution in [0, 0.1) is 0 Å². The van der Waals surface area contributed by atoms with Crippen molar-refractivity contribution in [3.05, 3.63) is 23.8 Å². The van der Waals surface area contributed by atoms with Gasteiger partial charge in [0, 0.05) is 10.1 Å². The SMILES string of the molecule is COc1sc2cccc(O)c2c1C=O. The van der Waals surface area contributed by atoms with Gasteiger partial charge in [0.2, 0.25) is 0 Å². The molecular weight excluding hydrogens is 200 g/mol. The molecule has 2 rings (SSSR count). The number of fused-ring (bicyclic) bond motifs is 1. The maximum atomic E-state index is 10.8. The van der Waals surface area contributed by atoms with Crippen LogP contribution in [-0.4, -0.2) is 18.5 Å². The van der Waals surface area contributed by atoms with Crippen LogP contribution in [0.1, 0.15) is 10.4 Å². The van der Waals surface area contributed by atoms with Gasteiger partial charge in [0.25, 0.3) is 0 Å². The largest absolute Gasteiger partial charge is 0.507 e. The van der Waals surface area contributed by atoms with E-state index in [-0.39, 0.29) is 5.75 Å². The van der Waals surface area contributed by atoms with E-state index in [0.717, 1.165) is 4.70 Å². The molecule has 4 heteroatoms.